The lowest BCUT2D eigenvalue weighted by molar-refractivity contribution is -0.137. The van der Waals surface area contributed by atoms with E-state index in [4.69, 9.17) is 0 Å². The van der Waals surface area contributed by atoms with Gasteiger partial charge in [0.2, 0.25) is 11.8 Å². The topological polar surface area (TPSA) is 69.7 Å². The number of nitrogens with zero attached hydrogens (tertiary/aromatic N) is 2. The molecule has 1 aromatic rings. The van der Waals surface area contributed by atoms with E-state index in [1.807, 2.05) is 17.0 Å². The predicted molar refractivity (Wildman–Crippen MR) is 109 cm³/mol. The molecule has 7 heteroatoms. The van der Waals surface area contributed by atoms with E-state index < -0.39 is 0 Å². The zero-order valence-corrected chi connectivity index (χ0v) is 17.5. The van der Waals surface area contributed by atoms with E-state index >= 15 is 0 Å². The highest BCUT2D eigenvalue weighted by Gasteiger charge is 2.43. The van der Waals surface area contributed by atoms with Crippen molar-refractivity contribution in [1.29, 1.82) is 0 Å². The number of hydrogen-bond donors (Lipinski definition) is 1. The Morgan fingerprint density at radius 2 is 1.96 bits per heavy atom. The number of nitrogens with one attached hydrogen (secondary N) is 1. The molecule has 2 aliphatic heterocycles. The second kappa shape index (κ2) is 8.23. The second-order valence-corrected chi connectivity index (χ2v) is 9.30. The van der Waals surface area contributed by atoms with Crippen LogP contribution in [0.4, 0.5) is 4.79 Å². The first kappa shape index (κ1) is 19.4. The molecule has 6 nitrogen and oxygen atoms in total. The van der Waals surface area contributed by atoms with Crippen LogP contribution in [0.15, 0.2) is 24.3 Å². The molecule has 2 fully saturated rings. The molecule has 150 valence electrons. The van der Waals surface area contributed by atoms with Crippen molar-refractivity contribution in [3.05, 3.63) is 35.4 Å². The molecule has 1 saturated carbocycles. The van der Waals surface area contributed by atoms with Crippen molar-refractivity contribution < 1.29 is 14.4 Å². The van der Waals surface area contributed by atoms with Gasteiger partial charge in [0.15, 0.2) is 0 Å². The van der Waals surface area contributed by atoms with Gasteiger partial charge in [0, 0.05) is 36.9 Å². The van der Waals surface area contributed by atoms with Gasteiger partial charge in [0.25, 0.3) is 0 Å². The number of alkyl halides is 1. The molecule has 0 aromatic heterocycles. The van der Waals surface area contributed by atoms with Gasteiger partial charge in [-0.25, -0.2) is 4.79 Å². The summed E-state index contributed by atoms with van der Waals surface area (Å²) in [5.74, 6) is -0.141. The van der Waals surface area contributed by atoms with Crippen LogP contribution < -0.4 is 5.32 Å². The van der Waals surface area contributed by atoms with Gasteiger partial charge in [0.05, 0.1) is 5.92 Å². The average molecular weight is 448 g/mol. The summed E-state index contributed by atoms with van der Waals surface area (Å²) in [7, 11) is 0. The van der Waals surface area contributed by atoms with Gasteiger partial charge < -0.3 is 10.2 Å². The Morgan fingerprint density at radius 1 is 1.18 bits per heavy atom. The van der Waals surface area contributed by atoms with Crippen LogP contribution in [0.2, 0.25) is 0 Å². The van der Waals surface area contributed by atoms with E-state index in [2.05, 4.69) is 33.4 Å². The largest absolute Gasteiger partial charge is 0.338 e. The smallest absolute Gasteiger partial charge is 0.324 e. The maximum absolute atomic E-state index is 12.8. The lowest BCUT2D eigenvalue weighted by Gasteiger charge is -2.41. The first-order valence-electron chi connectivity index (χ1n) is 10.1. The molecule has 1 aliphatic carbocycles. The minimum Gasteiger partial charge on any atom is -0.338 e. The third kappa shape index (κ3) is 3.95. The summed E-state index contributed by atoms with van der Waals surface area (Å²) in [4.78, 5) is 41.2. The fraction of sp³-hybridized carbons (Fsp3) is 0.571. The van der Waals surface area contributed by atoms with Crippen molar-refractivity contribution in [3.63, 3.8) is 0 Å². The van der Waals surface area contributed by atoms with Gasteiger partial charge in [-0.1, -0.05) is 40.2 Å². The van der Waals surface area contributed by atoms with Gasteiger partial charge in [-0.2, -0.15) is 0 Å². The molecule has 4 rings (SSSR count). The van der Waals surface area contributed by atoms with Gasteiger partial charge in [-0.15, -0.1) is 0 Å². The predicted octanol–water partition coefficient (Wildman–Crippen LogP) is 2.84. The summed E-state index contributed by atoms with van der Waals surface area (Å²) < 4.78 is 0. The van der Waals surface area contributed by atoms with Crippen LogP contribution in [0.5, 0.6) is 0 Å². The number of rotatable bonds is 4. The summed E-state index contributed by atoms with van der Waals surface area (Å²) in [5.41, 5.74) is 2.52. The van der Waals surface area contributed by atoms with Gasteiger partial charge >= 0.3 is 6.03 Å². The molecule has 3 atom stereocenters. The second-order valence-electron chi connectivity index (χ2n) is 8.00. The van der Waals surface area contributed by atoms with Crippen molar-refractivity contribution in [1.82, 2.24) is 15.1 Å². The molecule has 28 heavy (non-hydrogen) atoms. The standard InChI is InChI=1S/C21H26BrN3O3/c22-16-7-8-18-17(12-16)20(27)25(21(28)23-18)10-3-6-19(26)24-11-9-14-4-1-2-5-15(14)13-24/h1-2,4-5,16-18H,3,6-13H2,(H,23,28). The first-order chi connectivity index (χ1) is 13.5. The molecule has 0 bridgehead atoms. The highest BCUT2D eigenvalue weighted by molar-refractivity contribution is 9.09. The Kier molecular flexibility index (Phi) is 5.71. The molecule has 0 spiro atoms. The molecular formula is C21H26BrN3O3. The monoisotopic (exact) mass is 447 g/mol. The van der Waals surface area contributed by atoms with E-state index in [1.54, 1.807) is 0 Å². The molecule has 1 saturated heterocycles. The van der Waals surface area contributed by atoms with Crippen LogP contribution in [0.1, 0.15) is 43.2 Å². The minimum absolute atomic E-state index is 0.0416. The van der Waals surface area contributed by atoms with Crippen LogP contribution in [0, 0.1) is 5.92 Å². The third-order valence-corrected chi connectivity index (χ3v) is 7.01. The van der Waals surface area contributed by atoms with E-state index in [0.29, 0.717) is 30.8 Å². The highest BCUT2D eigenvalue weighted by atomic mass is 79.9. The van der Waals surface area contributed by atoms with Crippen molar-refractivity contribution in [3.8, 4) is 0 Å². The van der Waals surface area contributed by atoms with Crippen LogP contribution in [-0.4, -0.2) is 51.6 Å². The van der Waals surface area contributed by atoms with Crippen LogP contribution in [-0.2, 0) is 22.6 Å². The quantitative estimate of drug-likeness (QED) is 0.721. The van der Waals surface area contributed by atoms with Crippen molar-refractivity contribution >= 4 is 33.8 Å². The maximum Gasteiger partial charge on any atom is 0.324 e. The van der Waals surface area contributed by atoms with Crippen molar-refractivity contribution in [2.45, 2.75) is 55.9 Å². The van der Waals surface area contributed by atoms with Crippen molar-refractivity contribution in [2.75, 3.05) is 13.1 Å². The number of carbonyl (C=O) groups is 3. The number of carbonyl (C=O) groups excluding carboxylic acids is 3. The molecular weight excluding hydrogens is 422 g/mol. The number of urea groups is 1. The third-order valence-electron chi connectivity index (χ3n) is 6.18. The fourth-order valence-corrected chi connectivity index (χ4v) is 5.24. The Balaban J connectivity index is 1.29. The number of fused-ring (bicyclic) bond motifs is 2. The van der Waals surface area contributed by atoms with Crippen LogP contribution in [0.25, 0.3) is 0 Å². The molecule has 3 unspecified atom stereocenters. The Labute approximate surface area is 173 Å². The number of imide groups is 1. The summed E-state index contributed by atoms with van der Waals surface area (Å²) in [6.07, 6.45) is 4.31. The Hall–Kier alpha value is -1.89. The van der Waals surface area contributed by atoms with Crippen molar-refractivity contribution in [2.24, 2.45) is 5.92 Å². The molecule has 4 amide bonds. The molecule has 0 radical (unpaired) electrons. The van der Waals surface area contributed by atoms with E-state index in [0.717, 1.165) is 32.2 Å². The maximum atomic E-state index is 12.8. The molecule has 3 aliphatic rings. The molecule has 2 heterocycles. The van der Waals surface area contributed by atoms with Crippen LogP contribution >= 0.6 is 15.9 Å². The zero-order chi connectivity index (χ0) is 19.7. The Morgan fingerprint density at radius 3 is 2.79 bits per heavy atom. The van der Waals surface area contributed by atoms with Crippen LogP contribution in [0.3, 0.4) is 0 Å². The number of hydrogen-bond acceptors (Lipinski definition) is 3. The summed E-state index contributed by atoms with van der Waals surface area (Å²) in [5, 5.41) is 2.98. The Bertz CT molecular complexity index is 784. The number of halogens is 1. The van der Waals surface area contributed by atoms with Gasteiger partial charge in [-0.05, 0) is 43.2 Å². The van der Waals surface area contributed by atoms with E-state index in [9.17, 15) is 14.4 Å². The van der Waals surface area contributed by atoms with E-state index in [-0.39, 0.29) is 29.8 Å². The van der Waals surface area contributed by atoms with Gasteiger partial charge in [-0.3, -0.25) is 14.5 Å². The van der Waals surface area contributed by atoms with E-state index in [1.165, 1.54) is 16.0 Å². The lowest BCUT2D eigenvalue weighted by Crippen LogP contribution is -2.61. The average Bonchev–Trinajstić information content (AvgIpc) is 2.70. The summed E-state index contributed by atoms with van der Waals surface area (Å²) in [6, 6.07) is 7.88. The highest BCUT2D eigenvalue weighted by Crippen LogP contribution is 2.33. The van der Waals surface area contributed by atoms with Gasteiger partial charge in [0.1, 0.15) is 0 Å². The zero-order valence-electron chi connectivity index (χ0n) is 15.9. The number of amides is 4. The molecule has 1 N–H and O–H groups in total. The lowest BCUT2D eigenvalue weighted by atomic mass is 9.82. The minimum atomic E-state index is -0.307. The fourth-order valence-electron chi connectivity index (χ4n) is 4.57. The number of benzene rings is 1. The first-order valence-corrected chi connectivity index (χ1v) is 11.0. The SMILES string of the molecule is O=C(CCCN1C(=O)NC2CCC(Br)CC2C1=O)N1CCc2ccccc2C1. The molecule has 1 aromatic carbocycles. The summed E-state index contributed by atoms with van der Waals surface area (Å²) >= 11 is 3.61. The normalized spacial score (nSPS) is 27.1. The summed E-state index contributed by atoms with van der Waals surface area (Å²) in [6.45, 7) is 1.68.